The molecule has 5 heteroatoms. The van der Waals surface area contributed by atoms with Crippen LogP contribution in [0.15, 0.2) is 58.4 Å². The number of amidine groups is 1. The number of rotatable bonds is 4. The number of nitrogens with one attached hydrogen (secondary N) is 1. The van der Waals surface area contributed by atoms with Gasteiger partial charge in [0.1, 0.15) is 0 Å². The molecule has 0 saturated heterocycles. The lowest BCUT2D eigenvalue weighted by molar-refractivity contribution is 1.26. The highest BCUT2D eigenvalue weighted by molar-refractivity contribution is 8.13. The van der Waals surface area contributed by atoms with E-state index in [0.29, 0.717) is 5.17 Å². The van der Waals surface area contributed by atoms with E-state index < -0.39 is 0 Å². The third-order valence-electron chi connectivity index (χ3n) is 2.92. The molecule has 1 N–H and O–H groups in total. The highest BCUT2D eigenvalue weighted by Crippen LogP contribution is 2.32. The molecule has 22 heavy (non-hydrogen) atoms. The maximum atomic E-state index is 8.73. The third kappa shape index (κ3) is 4.83. The van der Waals surface area contributed by atoms with Gasteiger partial charge in [-0.2, -0.15) is 5.26 Å². The predicted molar refractivity (Wildman–Crippen MR) is 96.5 cm³/mol. The van der Waals surface area contributed by atoms with Crippen molar-refractivity contribution in [2.45, 2.75) is 17.6 Å². The van der Waals surface area contributed by atoms with Gasteiger partial charge in [0, 0.05) is 10.6 Å². The first kappa shape index (κ1) is 16.5. The average molecular weight is 327 g/mol. The zero-order valence-electron chi connectivity index (χ0n) is 12.5. The zero-order valence-corrected chi connectivity index (χ0v) is 14.2. The van der Waals surface area contributed by atoms with Gasteiger partial charge in [0.2, 0.25) is 0 Å². The van der Waals surface area contributed by atoms with Crippen LogP contribution in [0.2, 0.25) is 0 Å². The maximum Gasteiger partial charge on any atom is 0.183 e. The molecule has 0 amide bonds. The number of benzene rings is 2. The van der Waals surface area contributed by atoms with E-state index >= 15 is 0 Å². The van der Waals surface area contributed by atoms with Gasteiger partial charge in [0.15, 0.2) is 11.4 Å². The second-order valence-corrected chi connectivity index (χ2v) is 6.42. The van der Waals surface area contributed by atoms with E-state index in [1.54, 1.807) is 11.8 Å². The number of nitriles is 1. The lowest BCUT2D eigenvalue weighted by atomic mass is 10.2. The van der Waals surface area contributed by atoms with Gasteiger partial charge in [0.05, 0.1) is 5.69 Å². The van der Waals surface area contributed by atoms with E-state index in [-0.39, 0.29) is 0 Å². The normalized spacial score (nSPS) is 11.0. The van der Waals surface area contributed by atoms with Crippen molar-refractivity contribution in [3.8, 4) is 6.19 Å². The Morgan fingerprint density at radius 1 is 1.23 bits per heavy atom. The molecular formula is C17H17N3S2. The molecule has 0 spiro atoms. The molecule has 0 atom stereocenters. The van der Waals surface area contributed by atoms with E-state index in [9.17, 15) is 0 Å². The van der Waals surface area contributed by atoms with Crippen LogP contribution in [-0.2, 0) is 5.75 Å². The molecule has 0 aliphatic carbocycles. The smallest absolute Gasteiger partial charge is 0.183 e. The fraction of sp³-hybridized carbons (Fsp3) is 0.176. The van der Waals surface area contributed by atoms with Gasteiger partial charge >= 0.3 is 0 Å². The number of aryl methyl sites for hydroxylation is 1. The van der Waals surface area contributed by atoms with Crippen LogP contribution in [-0.4, -0.2) is 11.4 Å². The second kappa shape index (κ2) is 8.52. The minimum atomic E-state index is 0.603. The molecule has 0 radical (unpaired) electrons. The Labute approximate surface area is 139 Å². The number of para-hydroxylation sites is 1. The molecular weight excluding hydrogens is 310 g/mol. The summed E-state index contributed by atoms with van der Waals surface area (Å²) in [4.78, 5) is 5.63. The van der Waals surface area contributed by atoms with Crippen LogP contribution in [0, 0.1) is 18.4 Å². The number of nitrogens with zero attached hydrogens (tertiary/aromatic N) is 2. The van der Waals surface area contributed by atoms with Gasteiger partial charge in [-0.05, 0) is 30.9 Å². The predicted octanol–water partition coefficient (Wildman–Crippen LogP) is 4.71. The van der Waals surface area contributed by atoms with E-state index in [0.717, 1.165) is 16.3 Å². The van der Waals surface area contributed by atoms with Crippen LogP contribution in [0.1, 0.15) is 11.1 Å². The van der Waals surface area contributed by atoms with Gasteiger partial charge in [0.25, 0.3) is 0 Å². The lowest BCUT2D eigenvalue weighted by Crippen LogP contribution is -2.12. The molecule has 0 aliphatic heterocycles. The quantitative estimate of drug-likeness (QED) is 0.290. The van der Waals surface area contributed by atoms with E-state index in [2.05, 4.69) is 47.6 Å². The Morgan fingerprint density at radius 2 is 2.05 bits per heavy atom. The standard InChI is InChI=1S/C17H17N3S2/c1-13-6-5-7-14(10-13)11-22-16-9-4-3-8-15(16)20-17(21-2)19-12-18/h3-10H,11H2,1-2H3,(H,19,20). The van der Waals surface area contributed by atoms with Crippen molar-refractivity contribution in [2.75, 3.05) is 6.26 Å². The Balaban J connectivity index is 2.16. The molecule has 2 aromatic rings. The SMILES string of the molecule is CSC(=Nc1ccccc1SCc1cccc(C)c1)NC#N. The van der Waals surface area contributed by atoms with Gasteiger partial charge in [-0.3, -0.25) is 5.32 Å². The van der Waals surface area contributed by atoms with Crippen molar-refractivity contribution in [1.82, 2.24) is 5.32 Å². The van der Waals surface area contributed by atoms with E-state index in [4.69, 9.17) is 5.26 Å². The van der Waals surface area contributed by atoms with Gasteiger partial charge < -0.3 is 0 Å². The summed E-state index contributed by atoms with van der Waals surface area (Å²) in [6.07, 6.45) is 3.81. The summed E-state index contributed by atoms with van der Waals surface area (Å²) in [6.45, 7) is 2.10. The Hall–Kier alpha value is -1.90. The van der Waals surface area contributed by atoms with Crippen molar-refractivity contribution < 1.29 is 0 Å². The summed E-state index contributed by atoms with van der Waals surface area (Å²) in [7, 11) is 0. The summed E-state index contributed by atoms with van der Waals surface area (Å²) in [5.74, 6) is 0.897. The number of hydrogen-bond donors (Lipinski definition) is 1. The second-order valence-electron chi connectivity index (χ2n) is 4.60. The maximum absolute atomic E-state index is 8.73. The molecule has 2 rings (SSSR count). The van der Waals surface area contributed by atoms with Crippen molar-refractivity contribution >= 4 is 34.4 Å². The van der Waals surface area contributed by atoms with Gasteiger partial charge in [-0.15, -0.1) is 11.8 Å². The lowest BCUT2D eigenvalue weighted by Gasteiger charge is -2.07. The number of aliphatic imine (C=N–C) groups is 1. The average Bonchev–Trinajstić information content (AvgIpc) is 2.53. The molecule has 3 nitrogen and oxygen atoms in total. The summed E-state index contributed by atoms with van der Waals surface area (Å²) in [5.41, 5.74) is 3.45. The van der Waals surface area contributed by atoms with Crippen LogP contribution in [0.5, 0.6) is 0 Å². The molecule has 2 aromatic carbocycles. The molecule has 0 heterocycles. The van der Waals surface area contributed by atoms with Gasteiger partial charge in [-0.1, -0.05) is 53.7 Å². The number of hydrogen-bond acceptors (Lipinski definition) is 4. The molecule has 0 aliphatic rings. The molecule has 0 saturated carbocycles. The van der Waals surface area contributed by atoms with E-state index in [1.807, 2.05) is 30.6 Å². The van der Waals surface area contributed by atoms with Crippen molar-refractivity contribution in [2.24, 2.45) is 4.99 Å². The molecule has 0 fully saturated rings. The minimum Gasteiger partial charge on any atom is -0.271 e. The fourth-order valence-electron chi connectivity index (χ4n) is 1.92. The van der Waals surface area contributed by atoms with E-state index in [1.165, 1.54) is 22.9 Å². The summed E-state index contributed by atoms with van der Waals surface area (Å²) >= 11 is 3.17. The van der Waals surface area contributed by atoms with Crippen LogP contribution >= 0.6 is 23.5 Å². The first-order valence-electron chi connectivity index (χ1n) is 6.78. The summed E-state index contributed by atoms with van der Waals surface area (Å²) in [6, 6.07) is 16.5. The van der Waals surface area contributed by atoms with Crippen LogP contribution in [0.4, 0.5) is 5.69 Å². The first-order chi connectivity index (χ1) is 10.7. The monoisotopic (exact) mass is 327 g/mol. The topological polar surface area (TPSA) is 48.2 Å². The van der Waals surface area contributed by atoms with Crippen LogP contribution in [0.25, 0.3) is 0 Å². The summed E-state index contributed by atoms with van der Waals surface area (Å²) < 4.78 is 0. The van der Waals surface area contributed by atoms with Crippen LogP contribution < -0.4 is 5.32 Å². The van der Waals surface area contributed by atoms with Crippen molar-refractivity contribution in [3.05, 3.63) is 59.7 Å². The zero-order chi connectivity index (χ0) is 15.8. The summed E-state index contributed by atoms with van der Waals surface area (Å²) in [5, 5.41) is 11.9. The highest BCUT2D eigenvalue weighted by Gasteiger charge is 2.04. The Kier molecular flexibility index (Phi) is 6.38. The van der Waals surface area contributed by atoms with Gasteiger partial charge in [-0.25, -0.2) is 4.99 Å². The van der Waals surface area contributed by atoms with Crippen LogP contribution in [0.3, 0.4) is 0 Å². The highest BCUT2D eigenvalue weighted by atomic mass is 32.2. The molecule has 0 aromatic heterocycles. The van der Waals surface area contributed by atoms with Crippen molar-refractivity contribution in [3.63, 3.8) is 0 Å². The Morgan fingerprint density at radius 3 is 2.77 bits per heavy atom. The molecule has 112 valence electrons. The largest absolute Gasteiger partial charge is 0.271 e. The third-order valence-corrected chi connectivity index (χ3v) is 4.63. The number of thioether (sulfide) groups is 2. The fourth-order valence-corrected chi connectivity index (χ4v) is 3.19. The van der Waals surface area contributed by atoms with Crippen molar-refractivity contribution in [1.29, 1.82) is 5.26 Å². The Bertz CT molecular complexity index is 705. The molecule has 0 unspecified atom stereocenters. The first-order valence-corrected chi connectivity index (χ1v) is 8.99. The molecule has 0 bridgehead atoms. The minimum absolute atomic E-state index is 0.603.